The summed E-state index contributed by atoms with van der Waals surface area (Å²) in [5, 5.41) is 0. The van der Waals surface area contributed by atoms with Crippen molar-refractivity contribution < 1.29 is 31.5 Å². The Bertz CT molecular complexity index is 1230. The second-order valence-corrected chi connectivity index (χ2v) is 8.36. The highest BCUT2D eigenvalue weighted by Gasteiger charge is 2.19. The Morgan fingerprint density at radius 1 is 1.07 bits per heavy atom. The lowest BCUT2D eigenvalue weighted by atomic mass is 10.1. The first-order valence-electron chi connectivity index (χ1n) is 8.65. The van der Waals surface area contributed by atoms with E-state index in [1.54, 1.807) is 0 Å². The summed E-state index contributed by atoms with van der Waals surface area (Å²) in [4.78, 5) is 24.4. The standard InChI is InChI=1S/C21H17FO7S/c1-27-19(24)12-16-11-18(23)21(28-15-7-5-14(22)6-8-15)20(29-16)13-3-9-17(10-4-13)30(2,25)26/h3-11H,12H2,1-2H3. The molecule has 0 fully saturated rings. The fraction of sp³-hybridized carbons (Fsp3) is 0.143. The zero-order chi connectivity index (χ0) is 21.9. The first kappa shape index (κ1) is 21.3. The van der Waals surface area contributed by atoms with Crippen LogP contribution in [0.2, 0.25) is 0 Å². The molecule has 0 unspecified atom stereocenters. The second-order valence-electron chi connectivity index (χ2n) is 6.34. The van der Waals surface area contributed by atoms with Crippen molar-refractivity contribution in [3.63, 3.8) is 0 Å². The van der Waals surface area contributed by atoms with E-state index in [1.165, 1.54) is 55.6 Å². The fourth-order valence-corrected chi connectivity index (χ4v) is 3.22. The molecule has 2 aromatic carbocycles. The van der Waals surface area contributed by atoms with Gasteiger partial charge < -0.3 is 13.9 Å². The van der Waals surface area contributed by atoms with Crippen LogP contribution < -0.4 is 10.2 Å². The van der Waals surface area contributed by atoms with Gasteiger partial charge in [0.1, 0.15) is 23.7 Å². The van der Waals surface area contributed by atoms with Gasteiger partial charge in [0.05, 0.1) is 12.0 Å². The van der Waals surface area contributed by atoms with E-state index in [9.17, 15) is 22.4 Å². The molecule has 0 saturated carbocycles. The van der Waals surface area contributed by atoms with Crippen LogP contribution >= 0.6 is 0 Å². The number of hydrogen-bond donors (Lipinski definition) is 0. The summed E-state index contributed by atoms with van der Waals surface area (Å²) in [6, 6.07) is 11.7. The topological polar surface area (TPSA) is 99.9 Å². The van der Waals surface area contributed by atoms with Gasteiger partial charge in [-0.25, -0.2) is 12.8 Å². The summed E-state index contributed by atoms with van der Waals surface area (Å²) < 4.78 is 52.5. The molecule has 3 rings (SSSR count). The van der Waals surface area contributed by atoms with Gasteiger partial charge in [-0.3, -0.25) is 9.59 Å². The average Bonchev–Trinajstić information content (AvgIpc) is 2.70. The maximum absolute atomic E-state index is 13.2. The summed E-state index contributed by atoms with van der Waals surface area (Å²) >= 11 is 0. The van der Waals surface area contributed by atoms with Crippen LogP contribution in [0.15, 0.2) is 68.7 Å². The zero-order valence-electron chi connectivity index (χ0n) is 16.0. The average molecular weight is 432 g/mol. The number of methoxy groups -OCH3 is 1. The maximum atomic E-state index is 13.2. The van der Waals surface area contributed by atoms with Gasteiger partial charge in [0.25, 0.3) is 0 Å². The van der Waals surface area contributed by atoms with Crippen LogP contribution in [-0.4, -0.2) is 27.8 Å². The van der Waals surface area contributed by atoms with E-state index in [0.717, 1.165) is 12.3 Å². The summed E-state index contributed by atoms with van der Waals surface area (Å²) in [7, 11) is -2.21. The summed E-state index contributed by atoms with van der Waals surface area (Å²) in [5.74, 6) is -1.05. The van der Waals surface area contributed by atoms with Gasteiger partial charge in [-0.2, -0.15) is 0 Å². The van der Waals surface area contributed by atoms with Crippen LogP contribution in [0.25, 0.3) is 11.3 Å². The van der Waals surface area contributed by atoms with Gasteiger partial charge in [0.2, 0.25) is 11.2 Å². The fourth-order valence-electron chi connectivity index (χ4n) is 2.59. The van der Waals surface area contributed by atoms with Crippen molar-refractivity contribution in [3.8, 4) is 22.8 Å². The van der Waals surface area contributed by atoms with Crippen LogP contribution in [0.1, 0.15) is 5.76 Å². The van der Waals surface area contributed by atoms with E-state index in [4.69, 9.17) is 9.15 Å². The number of ether oxygens (including phenoxy) is 2. The lowest BCUT2D eigenvalue weighted by Gasteiger charge is -2.12. The molecular formula is C21H17FO7S. The van der Waals surface area contributed by atoms with Gasteiger partial charge in [0.15, 0.2) is 15.6 Å². The van der Waals surface area contributed by atoms with Crippen LogP contribution in [0, 0.1) is 5.82 Å². The van der Waals surface area contributed by atoms with E-state index < -0.39 is 27.1 Å². The van der Waals surface area contributed by atoms with Crippen molar-refractivity contribution >= 4 is 15.8 Å². The van der Waals surface area contributed by atoms with Crippen molar-refractivity contribution in [1.82, 2.24) is 0 Å². The SMILES string of the molecule is COC(=O)Cc1cc(=O)c(Oc2ccc(F)cc2)c(-c2ccc(S(C)(=O)=O)cc2)o1. The van der Waals surface area contributed by atoms with Crippen molar-refractivity contribution in [3.05, 3.63) is 76.4 Å². The summed E-state index contributed by atoms with van der Waals surface area (Å²) in [6.45, 7) is 0. The molecular weight excluding hydrogens is 415 g/mol. The summed E-state index contributed by atoms with van der Waals surface area (Å²) in [5.41, 5.74) is -0.227. The minimum Gasteiger partial charge on any atom is -0.469 e. The second kappa shape index (κ2) is 8.50. The highest BCUT2D eigenvalue weighted by molar-refractivity contribution is 7.90. The maximum Gasteiger partial charge on any atom is 0.313 e. The van der Waals surface area contributed by atoms with Crippen molar-refractivity contribution in [1.29, 1.82) is 0 Å². The van der Waals surface area contributed by atoms with E-state index in [0.29, 0.717) is 5.56 Å². The molecule has 0 amide bonds. The third-order valence-electron chi connectivity index (χ3n) is 4.08. The Morgan fingerprint density at radius 3 is 2.27 bits per heavy atom. The van der Waals surface area contributed by atoms with Gasteiger partial charge in [-0.15, -0.1) is 0 Å². The Kier molecular flexibility index (Phi) is 6.02. The number of carbonyl (C=O) groups is 1. The van der Waals surface area contributed by atoms with E-state index >= 15 is 0 Å². The number of halogens is 1. The largest absolute Gasteiger partial charge is 0.469 e. The Morgan fingerprint density at radius 2 is 1.70 bits per heavy atom. The van der Waals surface area contributed by atoms with Crippen LogP contribution in [0.3, 0.4) is 0 Å². The van der Waals surface area contributed by atoms with E-state index in [-0.39, 0.29) is 34.3 Å². The van der Waals surface area contributed by atoms with Crippen molar-refractivity contribution in [2.45, 2.75) is 11.3 Å². The molecule has 156 valence electrons. The van der Waals surface area contributed by atoms with E-state index in [2.05, 4.69) is 4.74 Å². The molecule has 0 spiro atoms. The summed E-state index contributed by atoms with van der Waals surface area (Å²) in [6.07, 6.45) is 0.791. The lowest BCUT2D eigenvalue weighted by molar-refractivity contribution is -0.140. The van der Waals surface area contributed by atoms with Crippen LogP contribution in [-0.2, 0) is 25.8 Å². The molecule has 0 saturated heterocycles. The van der Waals surface area contributed by atoms with Gasteiger partial charge >= 0.3 is 5.97 Å². The van der Waals surface area contributed by atoms with E-state index in [1.807, 2.05) is 0 Å². The van der Waals surface area contributed by atoms with Crippen molar-refractivity contribution in [2.75, 3.05) is 13.4 Å². The smallest absolute Gasteiger partial charge is 0.313 e. The minimum atomic E-state index is -3.42. The Labute approximate surface area is 171 Å². The third kappa shape index (κ3) is 4.93. The molecule has 0 aliphatic carbocycles. The lowest BCUT2D eigenvalue weighted by Crippen LogP contribution is -2.11. The number of rotatable bonds is 6. The van der Waals surface area contributed by atoms with Crippen LogP contribution in [0.5, 0.6) is 11.5 Å². The highest BCUT2D eigenvalue weighted by atomic mass is 32.2. The highest BCUT2D eigenvalue weighted by Crippen LogP contribution is 2.32. The number of carbonyl (C=O) groups excluding carboxylic acids is 1. The molecule has 1 heterocycles. The molecule has 0 N–H and O–H groups in total. The number of sulfone groups is 1. The van der Waals surface area contributed by atoms with Crippen LogP contribution in [0.4, 0.5) is 4.39 Å². The molecule has 0 bridgehead atoms. The molecule has 7 nitrogen and oxygen atoms in total. The molecule has 0 radical (unpaired) electrons. The quantitative estimate of drug-likeness (QED) is 0.551. The Balaban J connectivity index is 2.12. The zero-order valence-corrected chi connectivity index (χ0v) is 16.9. The third-order valence-corrected chi connectivity index (χ3v) is 5.21. The van der Waals surface area contributed by atoms with Crippen molar-refractivity contribution in [2.24, 2.45) is 0 Å². The van der Waals surface area contributed by atoms with Gasteiger partial charge in [0, 0.05) is 17.9 Å². The molecule has 1 aromatic heterocycles. The number of esters is 1. The molecule has 0 aliphatic heterocycles. The molecule has 0 atom stereocenters. The first-order chi connectivity index (χ1) is 14.2. The van der Waals surface area contributed by atoms with Gasteiger partial charge in [-0.05, 0) is 48.5 Å². The first-order valence-corrected chi connectivity index (χ1v) is 10.5. The Hall–Kier alpha value is -3.46. The molecule has 30 heavy (non-hydrogen) atoms. The minimum absolute atomic E-state index is 0.00854. The van der Waals surface area contributed by atoms with Gasteiger partial charge in [-0.1, -0.05) is 0 Å². The predicted molar refractivity (Wildman–Crippen MR) is 106 cm³/mol. The molecule has 3 aromatic rings. The number of benzene rings is 2. The molecule has 0 aliphatic rings. The number of hydrogen-bond acceptors (Lipinski definition) is 7. The molecule has 9 heteroatoms. The normalized spacial score (nSPS) is 11.2. The predicted octanol–water partition coefficient (Wildman–Crippen LogP) is 3.36. The monoisotopic (exact) mass is 432 g/mol.